The second-order valence-electron chi connectivity index (χ2n) is 4.05. The molecule has 0 aliphatic rings. The molecule has 1 aromatic rings. The SMILES string of the molecule is CCOc1c(N(C)CP(=O)(OCC)OCC)c(=O)c1=O. The quantitative estimate of drug-likeness (QED) is 0.503. The number of hydrogen-bond donors (Lipinski definition) is 0. The lowest BCUT2D eigenvalue weighted by Crippen LogP contribution is -2.40. The van der Waals surface area contributed by atoms with Gasteiger partial charge in [-0.15, -0.1) is 0 Å². The summed E-state index contributed by atoms with van der Waals surface area (Å²) in [6.07, 6.45) is -0.112. The Kier molecular flexibility index (Phi) is 5.92. The summed E-state index contributed by atoms with van der Waals surface area (Å²) < 4.78 is 27.8. The van der Waals surface area contributed by atoms with Gasteiger partial charge in [-0.25, -0.2) is 0 Å². The maximum Gasteiger partial charge on any atom is 0.349 e. The van der Waals surface area contributed by atoms with Gasteiger partial charge in [0.1, 0.15) is 12.0 Å². The molecular formula is C12H20NO6P. The first kappa shape index (κ1) is 16.9. The summed E-state index contributed by atoms with van der Waals surface area (Å²) in [6.45, 7) is 5.86. The number of hydrogen-bond acceptors (Lipinski definition) is 7. The van der Waals surface area contributed by atoms with Crippen LogP contribution in [0.5, 0.6) is 5.75 Å². The van der Waals surface area contributed by atoms with Crippen molar-refractivity contribution in [2.75, 3.05) is 38.1 Å². The molecular weight excluding hydrogens is 285 g/mol. The Morgan fingerprint density at radius 2 is 1.55 bits per heavy atom. The van der Waals surface area contributed by atoms with Gasteiger partial charge in [0.2, 0.25) is 0 Å². The predicted octanol–water partition coefficient (Wildman–Crippen LogP) is 1.34. The van der Waals surface area contributed by atoms with Crippen molar-refractivity contribution in [1.29, 1.82) is 0 Å². The molecule has 0 heterocycles. The Morgan fingerprint density at radius 3 is 2.00 bits per heavy atom. The van der Waals surface area contributed by atoms with Crippen molar-refractivity contribution >= 4 is 13.3 Å². The molecule has 0 aliphatic heterocycles. The van der Waals surface area contributed by atoms with Crippen LogP contribution in [0.25, 0.3) is 0 Å². The highest BCUT2D eigenvalue weighted by molar-refractivity contribution is 7.53. The molecule has 0 atom stereocenters. The standard InChI is InChI=1S/C12H20NO6P/c1-5-17-12-9(10(14)11(12)15)13(4)8-20(16,18-6-2)19-7-3/h5-8H2,1-4H3. The third-order valence-corrected chi connectivity index (χ3v) is 4.62. The summed E-state index contributed by atoms with van der Waals surface area (Å²) in [6, 6.07) is 0. The Morgan fingerprint density at radius 1 is 1.00 bits per heavy atom. The molecule has 0 aliphatic carbocycles. The fourth-order valence-electron chi connectivity index (χ4n) is 1.83. The van der Waals surface area contributed by atoms with Gasteiger partial charge in [-0.3, -0.25) is 14.2 Å². The third kappa shape index (κ3) is 3.48. The lowest BCUT2D eigenvalue weighted by atomic mass is 10.2. The molecule has 7 nitrogen and oxygen atoms in total. The summed E-state index contributed by atoms with van der Waals surface area (Å²) in [7, 11) is -1.78. The van der Waals surface area contributed by atoms with Gasteiger partial charge < -0.3 is 18.7 Å². The smallest absolute Gasteiger partial charge is 0.349 e. The van der Waals surface area contributed by atoms with Crippen molar-refractivity contribution in [2.24, 2.45) is 0 Å². The molecule has 114 valence electrons. The molecule has 0 saturated carbocycles. The van der Waals surface area contributed by atoms with Crippen LogP contribution in [-0.2, 0) is 13.6 Å². The topological polar surface area (TPSA) is 82.1 Å². The summed E-state index contributed by atoms with van der Waals surface area (Å²) in [5.41, 5.74) is -1.18. The molecule has 0 N–H and O–H groups in total. The van der Waals surface area contributed by atoms with Crippen LogP contribution in [0.3, 0.4) is 0 Å². The van der Waals surface area contributed by atoms with Crippen LogP contribution < -0.4 is 20.5 Å². The van der Waals surface area contributed by atoms with Gasteiger partial charge in [-0.2, -0.15) is 0 Å². The Labute approximate surface area is 117 Å². The number of ether oxygens (including phenoxy) is 1. The monoisotopic (exact) mass is 305 g/mol. The lowest BCUT2D eigenvalue weighted by molar-refractivity contribution is 0.220. The van der Waals surface area contributed by atoms with E-state index in [4.69, 9.17) is 13.8 Å². The molecule has 0 amide bonds. The average molecular weight is 305 g/mol. The maximum atomic E-state index is 12.4. The van der Waals surface area contributed by atoms with E-state index < -0.39 is 18.5 Å². The van der Waals surface area contributed by atoms with E-state index in [1.54, 1.807) is 27.8 Å². The van der Waals surface area contributed by atoms with E-state index in [0.717, 1.165) is 0 Å². The molecule has 0 fully saturated rings. The summed E-state index contributed by atoms with van der Waals surface area (Å²) in [4.78, 5) is 24.4. The molecule has 0 bridgehead atoms. The van der Waals surface area contributed by atoms with Crippen molar-refractivity contribution in [2.45, 2.75) is 20.8 Å². The Bertz CT molecular complexity index is 552. The molecule has 0 radical (unpaired) electrons. The maximum absolute atomic E-state index is 12.4. The van der Waals surface area contributed by atoms with Crippen LogP contribution in [0.2, 0.25) is 0 Å². The summed E-state index contributed by atoms with van der Waals surface area (Å²) >= 11 is 0. The third-order valence-electron chi connectivity index (χ3n) is 2.55. The molecule has 0 unspecified atom stereocenters. The van der Waals surface area contributed by atoms with Gasteiger partial charge >= 0.3 is 7.60 Å². The van der Waals surface area contributed by atoms with Crippen molar-refractivity contribution in [3.63, 3.8) is 0 Å². The minimum absolute atomic E-state index is 0.0135. The molecule has 20 heavy (non-hydrogen) atoms. The van der Waals surface area contributed by atoms with Gasteiger partial charge in [0.15, 0.2) is 5.75 Å². The van der Waals surface area contributed by atoms with E-state index in [1.165, 1.54) is 4.90 Å². The van der Waals surface area contributed by atoms with E-state index in [2.05, 4.69) is 0 Å². The van der Waals surface area contributed by atoms with Crippen LogP contribution >= 0.6 is 7.60 Å². The van der Waals surface area contributed by atoms with Gasteiger partial charge in [-0.05, 0) is 20.8 Å². The fourth-order valence-corrected chi connectivity index (χ4v) is 3.51. The number of rotatable bonds is 9. The zero-order valence-electron chi connectivity index (χ0n) is 12.2. The van der Waals surface area contributed by atoms with Crippen LogP contribution in [0.1, 0.15) is 20.8 Å². The van der Waals surface area contributed by atoms with Crippen LogP contribution in [0, 0.1) is 0 Å². The van der Waals surface area contributed by atoms with Crippen molar-refractivity contribution in [1.82, 2.24) is 0 Å². The minimum atomic E-state index is -3.33. The molecule has 0 aromatic heterocycles. The second kappa shape index (κ2) is 7.02. The van der Waals surface area contributed by atoms with Crippen molar-refractivity contribution < 1.29 is 18.3 Å². The van der Waals surface area contributed by atoms with E-state index in [9.17, 15) is 14.2 Å². The summed E-state index contributed by atoms with van der Waals surface area (Å²) in [5, 5.41) is 0. The van der Waals surface area contributed by atoms with Crippen molar-refractivity contribution in [3.8, 4) is 5.75 Å². The first-order valence-electron chi connectivity index (χ1n) is 6.45. The average Bonchev–Trinajstić information content (AvgIpc) is 2.37. The summed E-state index contributed by atoms with van der Waals surface area (Å²) in [5.74, 6) is 0.0135. The highest BCUT2D eigenvalue weighted by Crippen LogP contribution is 2.49. The normalized spacial score (nSPS) is 11.8. The second-order valence-corrected chi connectivity index (χ2v) is 6.08. The van der Waals surface area contributed by atoms with E-state index in [0.29, 0.717) is 0 Å². The van der Waals surface area contributed by atoms with E-state index in [1.807, 2.05) is 0 Å². The van der Waals surface area contributed by atoms with E-state index in [-0.39, 0.29) is 37.5 Å². The highest BCUT2D eigenvalue weighted by atomic mass is 31.2. The van der Waals surface area contributed by atoms with Gasteiger partial charge in [0.05, 0.1) is 19.8 Å². The minimum Gasteiger partial charge on any atom is -0.488 e. The van der Waals surface area contributed by atoms with Crippen LogP contribution in [0.15, 0.2) is 9.59 Å². The molecule has 0 spiro atoms. The van der Waals surface area contributed by atoms with Crippen LogP contribution in [-0.4, -0.2) is 33.2 Å². The van der Waals surface area contributed by atoms with Gasteiger partial charge in [0, 0.05) is 7.05 Å². The number of nitrogens with zero attached hydrogens (tertiary/aromatic N) is 1. The highest BCUT2D eigenvalue weighted by Gasteiger charge is 2.32. The molecule has 1 rings (SSSR count). The fraction of sp³-hybridized carbons (Fsp3) is 0.667. The molecule has 1 aromatic carbocycles. The molecule has 8 heteroatoms. The largest absolute Gasteiger partial charge is 0.488 e. The predicted molar refractivity (Wildman–Crippen MR) is 76.7 cm³/mol. The number of anilines is 1. The zero-order chi connectivity index (χ0) is 15.3. The van der Waals surface area contributed by atoms with Gasteiger partial charge in [-0.1, -0.05) is 0 Å². The van der Waals surface area contributed by atoms with Crippen LogP contribution in [0.4, 0.5) is 5.69 Å². The Balaban J connectivity index is 2.93. The Hall–Kier alpha value is -1.17. The van der Waals surface area contributed by atoms with Gasteiger partial charge in [0.25, 0.3) is 10.9 Å². The van der Waals surface area contributed by atoms with Crippen molar-refractivity contribution in [3.05, 3.63) is 20.4 Å². The zero-order valence-corrected chi connectivity index (χ0v) is 13.1. The lowest BCUT2D eigenvalue weighted by Gasteiger charge is -2.26. The van der Waals surface area contributed by atoms with E-state index >= 15 is 0 Å². The first-order valence-corrected chi connectivity index (χ1v) is 8.18. The molecule has 0 saturated heterocycles. The first-order chi connectivity index (χ1) is 9.40.